The Hall–Kier alpha value is -3.29. The van der Waals surface area contributed by atoms with Crippen molar-refractivity contribution in [3.8, 4) is 0 Å². The topological polar surface area (TPSA) is 102 Å². The lowest BCUT2D eigenvalue weighted by Gasteiger charge is -2.47. The summed E-state index contributed by atoms with van der Waals surface area (Å²) in [6, 6.07) is 10.4. The van der Waals surface area contributed by atoms with E-state index < -0.39 is 22.7 Å². The largest absolute Gasteiger partial charge is 0.462 e. The number of allylic oxidation sites excluding steroid dienone is 1. The average Bonchev–Trinajstić information content (AvgIpc) is 3.06. The van der Waals surface area contributed by atoms with Crippen LogP contribution in [-0.2, 0) is 24.5 Å². The standard InChI is InChI=1S/C28H27Cl2N3O4/c1-5-37-25(35)23-24(31)33(15-7-8-17(29)18(30)11-15)20-12-27(3,4)13-21(34)22(20)28(23)16-10-14(2)6-9-19(16)32-26(28)36/h6-11H,5,12-13,31H2,1-4H3,(H,32,36). The second-order valence-electron chi connectivity index (χ2n) is 10.4. The van der Waals surface area contributed by atoms with Crippen LogP contribution in [-0.4, -0.2) is 24.3 Å². The summed E-state index contributed by atoms with van der Waals surface area (Å²) < 4.78 is 5.45. The Bertz CT molecular complexity index is 1460. The van der Waals surface area contributed by atoms with Crippen molar-refractivity contribution in [3.63, 3.8) is 0 Å². The van der Waals surface area contributed by atoms with Gasteiger partial charge in [0, 0.05) is 34.6 Å². The van der Waals surface area contributed by atoms with Gasteiger partial charge in [-0.3, -0.25) is 14.5 Å². The van der Waals surface area contributed by atoms with Gasteiger partial charge < -0.3 is 15.8 Å². The number of aryl methyl sites for hydroxylation is 1. The van der Waals surface area contributed by atoms with Crippen LogP contribution in [0.25, 0.3) is 0 Å². The number of hydrogen-bond acceptors (Lipinski definition) is 6. The summed E-state index contributed by atoms with van der Waals surface area (Å²) in [5.74, 6) is -1.49. The molecule has 0 saturated carbocycles. The highest BCUT2D eigenvalue weighted by Crippen LogP contribution is 2.57. The normalized spacial score (nSPS) is 22.3. The van der Waals surface area contributed by atoms with Crippen LogP contribution in [0.15, 0.2) is 59.1 Å². The maximum Gasteiger partial charge on any atom is 0.339 e. The van der Waals surface area contributed by atoms with E-state index in [0.29, 0.717) is 34.1 Å². The Morgan fingerprint density at radius 1 is 1.11 bits per heavy atom. The van der Waals surface area contributed by atoms with Crippen molar-refractivity contribution >= 4 is 52.2 Å². The number of esters is 1. The quantitative estimate of drug-likeness (QED) is 0.507. The number of carbonyl (C=O) groups excluding carboxylic acids is 3. The van der Waals surface area contributed by atoms with E-state index >= 15 is 0 Å². The van der Waals surface area contributed by atoms with Crippen LogP contribution in [0.4, 0.5) is 11.4 Å². The number of nitrogens with zero attached hydrogens (tertiary/aromatic N) is 1. The highest BCUT2D eigenvalue weighted by Gasteiger charge is 2.63. The molecule has 1 amide bonds. The number of anilines is 2. The third-order valence-corrected chi connectivity index (χ3v) is 7.92. The number of rotatable bonds is 3. The first-order chi connectivity index (χ1) is 17.4. The number of amides is 1. The van der Waals surface area contributed by atoms with Gasteiger partial charge in [0.05, 0.1) is 16.7 Å². The number of benzene rings is 2. The summed E-state index contributed by atoms with van der Waals surface area (Å²) in [5, 5.41) is 3.53. The number of hydrogen-bond donors (Lipinski definition) is 2. The van der Waals surface area contributed by atoms with Crippen LogP contribution >= 0.6 is 23.2 Å². The van der Waals surface area contributed by atoms with Gasteiger partial charge in [0.2, 0.25) is 5.91 Å². The first-order valence-corrected chi connectivity index (χ1v) is 12.8. The highest BCUT2D eigenvalue weighted by atomic mass is 35.5. The molecule has 2 heterocycles. The van der Waals surface area contributed by atoms with Crippen molar-refractivity contribution in [2.45, 2.75) is 46.0 Å². The molecule has 1 atom stereocenters. The van der Waals surface area contributed by atoms with Crippen molar-refractivity contribution < 1.29 is 19.1 Å². The molecule has 0 fully saturated rings. The van der Waals surface area contributed by atoms with E-state index in [2.05, 4.69) is 5.32 Å². The zero-order chi connectivity index (χ0) is 26.9. The SMILES string of the molecule is CCOC(=O)C1=C(N)N(c2ccc(Cl)c(Cl)c2)C2=C(C(=O)CC(C)(C)C2)C12C(=O)Nc1ccc(C)cc12. The lowest BCUT2D eigenvalue weighted by atomic mass is 9.60. The van der Waals surface area contributed by atoms with Gasteiger partial charge in [0.15, 0.2) is 5.78 Å². The van der Waals surface area contributed by atoms with Gasteiger partial charge >= 0.3 is 5.97 Å². The summed E-state index contributed by atoms with van der Waals surface area (Å²) in [6.45, 7) is 7.60. The van der Waals surface area contributed by atoms with Crippen LogP contribution < -0.4 is 16.0 Å². The summed E-state index contributed by atoms with van der Waals surface area (Å²) >= 11 is 12.5. The van der Waals surface area contributed by atoms with Crippen LogP contribution in [0.1, 0.15) is 44.7 Å². The number of nitrogens with one attached hydrogen (secondary N) is 1. The molecule has 3 N–H and O–H groups in total. The van der Waals surface area contributed by atoms with Gasteiger partial charge in [-0.15, -0.1) is 0 Å². The molecule has 5 rings (SSSR count). The van der Waals surface area contributed by atoms with Gasteiger partial charge in [-0.05, 0) is 49.9 Å². The second kappa shape index (κ2) is 8.64. The van der Waals surface area contributed by atoms with Crippen LogP contribution in [0.2, 0.25) is 10.0 Å². The van der Waals surface area contributed by atoms with E-state index in [0.717, 1.165) is 5.56 Å². The zero-order valence-corrected chi connectivity index (χ0v) is 22.5. The predicted molar refractivity (Wildman–Crippen MR) is 143 cm³/mol. The van der Waals surface area contributed by atoms with E-state index in [-0.39, 0.29) is 40.8 Å². The summed E-state index contributed by atoms with van der Waals surface area (Å²) in [7, 11) is 0. The molecule has 2 aliphatic heterocycles. The van der Waals surface area contributed by atoms with Crippen LogP contribution in [0, 0.1) is 12.3 Å². The number of carbonyl (C=O) groups is 3. The third kappa shape index (κ3) is 3.67. The molecule has 1 spiro atoms. The van der Waals surface area contributed by atoms with Crippen molar-refractivity contribution in [2.75, 3.05) is 16.8 Å². The number of ketones is 1. The van der Waals surface area contributed by atoms with Gasteiger partial charge in [0.25, 0.3) is 0 Å². The molecule has 192 valence electrons. The number of ether oxygens (including phenoxy) is 1. The van der Waals surface area contributed by atoms with E-state index in [9.17, 15) is 14.4 Å². The fourth-order valence-corrected chi connectivity index (χ4v) is 6.06. The van der Waals surface area contributed by atoms with E-state index in [1.165, 1.54) is 0 Å². The second-order valence-corrected chi connectivity index (χ2v) is 11.2. The molecule has 3 aliphatic rings. The smallest absolute Gasteiger partial charge is 0.339 e. The number of nitrogens with two attached hydrogens (primary N) is 1. The molecule has 2 aromatic carbocycles. The maximum absolute atomic E-state index is 14.0. The highest BCUT2D eigenvalue weighted by molar-refractivity contribution is 6.42. The molecule has 0 aromatic heterocycles. The number of Topliss-reactive ketones (excluding diaryl/α,β-unsaturated/α-hetero) is 1. The van der Waals surface area contributed by atoms with Gasteiger partial charge in [-0.25, -0.2) is 4.79 Å². The first-order valence-electron chi connectivity index (χ1n) is 12.0. The monoisotopic (exact) mass is 539 g/mol. The molecule has 1 aliphatic carbocycles. The molecule has 2 aromatic rings. The van der Waals surface area contributed by atoms with E-state index in [1.807, 2.05) is 32.9 Å². The maximum atomic E-state index is 14.0. The van der Waals surface area contributed by atoms with Crippen molar-refractivity contribution in [1.29, 1.82) is 0 Å². The minimum absolute atomic E-state index is 0.00518. The summed E-state index contributed by atoms with van der Waals surface area (Å²) in [6.07, 6.45) is 0.633. The fraction of sp³-hybridized carbons (Fsp3) is 0.321. The van der Waals surface area contributed by atoms with Gasteiger partial charge in [0.1, 0.15) is 16.8 Å². The Labute approximate surface area is 225 Å². The average molecular weight is 540 g/mol. The third-order valence-electron chi connectivity index (χ3n) is 7.18. The van der Waals surface area contributed by atoms with E-state index in [4.69, 9.17) is 33.7 Å². The minimum atomic E-state index is -1.74. The molecular weight excluding hydrogens is 513 g/mol. The van der Waals surface area contributed by atoms with Crippen LogP contribution in [0.3, 0.4) is 0 Å². The summed E-state index contributed by atoms with van der Waals surface area (Å²) in [4.78, 5) is 43.4. The predicted octanol–water partition coefficient (Wildman–Crippen LogP) is 5.39. The van der Waals surface area contributed by atoms with Gasteiger partial charge in [-0.2, -0.15) is 0 Å². The molecule has 37 heavy (non-hydrogen) atoms. The lowest BCUT2D eigenvalue weighted by Crippen LogP contribution is -2.54. The van der Waals surface area contributed by atoms with E-state index in [1.54, 1.807) is 36.1 Å². The Morgan fingerprint density at radius 3 is 2.51 bits per heavy atom. The Balaban J connectivity index is 1.93. The summed E-state index contributed by atoms with van der Waals surface area (Å²) in [5.41, 5.74) is 7.79. The molecule has 1 unspecified atom stereocenters. The molecule has 0 saturated heterocycles. The number of halogens is 2. The zero-order valence-electron chi connectivity index (χ0n) is 21.0. The molecule has 9 heteroatoms. The molecule has 0 bridgehead atoms. The van der Waals surface area contributed by atoms with Crippen LogP contribution in [0.5, 0.6) is 0 Å². The Kier molecular flexibility index (Phi) is 5.92. The molecule has 0 radical (unpaired) electrons. The Morgan fingerprint density at radius 2 is 1.84 bits per heavy atom. The van der Waals surface area contributed by atoms with Crippen molar-refractivity contribution in [3.05, 3.63) is 80.2 Å². The molecular formula is C28H27Cl2N3O4. The number of fused-ring (bicyclic) bond motifs is 3. The fourth-order valence-electron chi connectivity index (χ4n) is 5.77. The van der Waals surface area contributed by atoms with Crippen molar-refractivity contribution in [2.24, 2.45) is 11.1 Å². The minimum Gasteiger partial charge on any atom is -0.462 e. The lowest BCUT2D eigenvalue weighted by molar-refractivity contribution is -0.140. The first kappa shape index (κ1) is 25.4. The van der Waals surface area contributed by atoms with Gasteiger partial charge in [-0.1, -0.05) is 54.7 Å². The van der Waals surface area contributed by atoms with Crippen molar-refractivity contribution in [1.82, 2.24) is 0 Å². The molecule has 7 nitrogen and oxygen atoms in total.